The van der Waals surface area contributed by atoms with Gasteiger partial charge >= 0.3 is 6.01 Å². The van der Waals surface area contributed by atoms with Crippen LogP contribution >= 0.6 is 11.6 Å². The molecule has 1 aromatic carbocycles. The molecule has 7 heteroatoms. The highest BCUT2D eigenvalue weighted by atomic mass is 35.5. The molecule has 21 heavy (non-hydrogen) atoms. The summed E-state index contributed by atoms with van der Waals surface area (Å²) >= 11 is 5.87. The fourth-order valence-corrected chi connectivity index (χ4v) is 1.83. The second-order valence-corrected chi connectivity index (χ2v) is 4.66. The molecule has 0 saturated heterocycles. The van der Waals surface area contributed by atoms with Crippen LogP contribution in [0, 0.1) is 0 Å². The zero-order valence-corrected chi connectivity index (χ0v) is 12.7. The Kier molecular flexibility index (Phi) is 5.71. The van der Waals surface area contributed by atoms with Crippen molar-refractivity contribution in [1.29, 1.82) is 0 Å². The summed E-state index contributed by atoms with van der Waals surface area (Å²) < 4.78 is 10.5. The largest absolute Gasteiger partial charge is 0.463 e. The zero-order valence-electron chi connectivity index (χ0n) is 12.0. The van der Waals surface area contributed by atoms with Gasteiger partial charge in [0.05, 0.1) is 13.2 Å². The molecule has 0 atom stereocenters. The summed E-state index contributed by atoms with van der Waals surface area (Å²) in [7, 11) is 1.66. The van der Waals surface area contributed by atoms with E-state index in [0.717, 1.165) is 17.7 Å². The Morgan fingerprint density at radius 3 is 2.86 bits per heavy atom. The molecule has 6 nitrogen and oxygen atoms in total. The molecular weight excluding hydrogens is 292 g/mol. The molecule has 2 aromatic rings. The van der Waals surface area contributed by atoms with Crippen LogP contribution in [0.25, 0.3) is 0 Å². The normalized spacial score (nSPS) is 10.4. The van der Waals surface area contributed by atoms with E-state index in [4.69, 9.17) is 21.1 Å². The molecule has 0 aliphatic heterocycles. The molecular formula is C14H17ClN4O2. The number of benzene rings is 1. The van der Waals surface area contributed by atoms with Gasteiger partial charge in [0.2, 0.25) is 11.2 Å². The van der Waals surface area contributed by atoms with Crippen LogP contribution in [0.2, 0.25) is 5.28 Å². The van der Waals surface area contributed by atoms with Crippen molar-refractivity contribution in [1.82, 2.24) is 15.0 Å². The molecule has 1 aromatic heterocycles. The van der Waals surface area contributed by atoms with Gasteiger partial charge in [-0.3, -0.25) is 0 Å². The SMILES string of the molecule is CCCOc1nc(Cl)nc(Nc2cccc(COC)c2)n1. The lowest BCUT2D eigenvalue weighted by Crippen LogP contribution is -2.05. The molecule has 0 bridgehead atoms. The van der Waals surface area contributed by atoms with Gasteiger partial charge in [0, 0.05) is 12.8 Å². The molecule has 0 amide bonds. The molecule has 0 spiro atoms. The number of ether oxygens (including phenoxy) is 2. The van der Waals surface area contributed by atoms with Crippen molar-refractivity contribution in [2.45, 2.75) is 20.0 Å². The minimum absolute atomic E-state index is 0.0895. The van der Waals surface area contributed by atoms with Gasteiger partial charge in [-0.2, -0.15) is 15.0 Å². The number of aromatic nitrogens is 3. The van der Waals surface area contributed by atoms with E-state index in [0.29, 0.717) is 19.2 Å². The van der Waals surface area contributed by atoms with E-state index in [1.54, 1.807) is 7.11 Å². The fourth-order valence-electron chi connectivity index (χ4n) is 1.68. The van der Waals surface area contributed by atoms with Crippen LogP contribution in [0.1, 0.15) is 18.9 Å². The number of halogens is 1. The summed E-state index contributed by atoms with van der Waals surface area (Å²) in [6.07, 6.45) is 0.866. The Balaban J connectivity index is 2.14. The Hall–Kier alpha value is -1.92. The Morgan fingerprint density at radius 1 is 1.24 bits per heavy atom. The summed E-state index contributed by atoms with van der Waals surface area (Å²) in [5.74, 6) is 0.343. The second-order valence-electron chi connectivity index (χ2n) is 4.32. The maximum absolute atomic E-state index is 5.87. The molecule has 0 aliphatic rings. The number of nitrogens with zero attached hydrogens (tertiary/aromatic N) is 3. The lowest BCUT2D eigenvalue weighted by molar-refractivity contribution is 0.185. The van der Waals surface area contributed by atoms with E-state index >= 15 is 0 Å². The van der Waals surface area contributed by atoms with Crippen molar-refractivity contribution < 1.29 is 9.47 Å². The monoisotopic (exact) mass is 308 g/mol. The number of rotatable bonds is 7. The topological polar surface area (TPSA) is 69.2 Å². The van der Waals surface area contributed by atoms with Gasteiger partial charge in [-0.1, -0.05) is 19.1 Å². The van der Waals surface area contributed by atoms with Crippen molar-refractivity contribution in [2.24, 2.45) is 0 Å². The number of nitrogens with one attached hydrogen (secondary N) is 1. The van der Waals surface area contributed by atoms with E-state index in [2.05, 4.69) is 20.3 Å². The third-order valence-electron chi connectivity index (χ3n) is 2.52. The van der Waals surface area contributed by atoms with Gasteiger partial charge in [0.1, 0.15) is 0 Å². The van der Waals surface area contributed by atoms with Crippen LogP contribution in [0.5, 0.6) is 6.01 Å². The van der Waals surface area contributed by atoms with Crippen molar-refractivity contribution >= 4 is 23.2 Å². The average Bonchev–Trinajstić information content (AvgIpc) is 2.45. The fraction of sp³-hybridized carbons (Fsp3) is 0.357. The van der Waals surface area contributed by atoms with E-state index in [1.165, 1.54) is 0 Å². The van der Waals surface area contributed by atoms with Gasteiger partial charge in [-0.05, 0) is 35.7 Å². The quantitative estimate of drug-likeness (QED) is 0.847. The summed E-state index contributed by atoms with van der Waals surface area (Å²) in [4.78, 5) is 12.1. The Labute approximate surface area is 128 Å². The van der Waals surface area contributed by atoms with Crippen LogP contribution in [0.3, 0.4) is 0 Å². The molecule has 2 rings (SSSR count). The first kappa shape index (κ1) is 15.5. The van der Waals surface area contributed by atoms with Crippen LogP contribution in [-0.4, -0.2) is 28.7 Å². The first-order valence-corrected chi connectivity index (χ1v) is 6.98. The molecule has 1 heterocycles. The standard InChI is InChI=1S/C14H17ClN4O2/c1-3-7-21-14-18-12(15)17-13(19-14)16-11-6-4-5-10(8-11)9-20-2/h4-6,8H,3,7,9H2,1-2H3,(H,16,17,18,19). The van der Waals surface area contributed by atoms with Crippen molar-refractivity contribution in [3.63, 3.8) is 0 Å². The molecule has 1 N–H and O–H groups in total. The third-order valence-corrected chi connectivity index (χ3v) is 2.69. The number of anilines is 2. The van der Waals surface area contributed by atoms with Crippen molar-refractivity contribution in [2.75, 3.05) is 19.0 Å². The highest BCUT2D eigenvalue weighted by molar-refractivity contribution is 6.28. The second kappa shape index (κ2) is 7.75. The minimum Gasteiger partial charge on any atom is -0.463 e. The predicted molar refractivity (Wildman–Crippen MR) is 81.1 cm³/mol. The van der Waals surface area contributed by atoms with Crippen LogP contribution in [0.15, 0.2) is 24.3 Å². The number of hydrogen-bond acceptors (Lipinski definition) is 6. The molecule has 0 unspecified atom stereocenters. The van der Waals surface area contributed by atoms with Crippen molar-refractivity contribution in [3.05, 3.63) is 35.1 Å². The molecule has 0 aliphatic carbocycles. The first-order chi connectivity index (χ1) is 10.2. The maximum Gasteiger partial charge on any atom is 0.322 e. The smallest absolute Gasteiger partial charge is 0.322 e. The van der Waals surface area contributed by atoms with Gasteiger partial charge in [-0.15, -0.1) is 0 Å². The average molecular weight is 309 g/mol. The zero-order chi connectivity index (χ0) is 15.1. The number of hydrogen-bond donors (Lipinski definition) is 1. The van der Waals surface area contributed by atoms with E-state index in [9.17, 15) is 0 Å². The van der Waals surface area contributed by atoms with Gasteiger partial charge in [0.15, 0.2) is 0 Å². The van der Waals surface area contributed by atoms with Gasteiger partial charge < -0.3 is 14.8 Å². The summed E-state index contributed by atoms with van der Waals surface area (Å²) in [5.41, 5.74) is 1.89. The van der Waals surface area contributed by atoms with E-state index in [-0.39, 0.29) is 11.3 Å². The molecule has 112 valence electrons. The predicted octanol–water partition coefficient (Wildman–Crippen LogP) is 3.20. The van der Waals surface area contributed by atoms with Crippen LogP contribution in [-0.2, 0) is 11.3 Å². The van der Waals surface area contributed by atoms with Gasteiger partial charge in [0.25, 0.3) is 0 Å². The lowest BCUT2D eigenvalue weighted by Gasteiger charge is -2.08. The molecule has 0 saturated carbocycles. The highest BCUT2D eigenvalue weighted by Gasteiger charge is 2.06. The van der Waals surface area contributed by atoms with Crippen LogP contribution < -0.4 is 10.1 Å². The first-order valence-electron chi connectivity index (χ1n) is 6.60. The van der Waals surface area contributed by atoms with Crippen molar-refractivity contribution in [3.8, 4) is 6.01 Å². The van der Waals surface area contributed by atoms with E-state index in [1.807, 2.05) is 31.2 Å². The third kappa shape index (κ3) is 4.84. The molecule has 0 radical (unpaired) electrons. The van der Waals surface area contributed by atoms with Crippen LogP contribution in [0.4, 0.5) is 11.6 Å². The highest BCUT2D eigenvalue weighted by Crippen LogP contribution is 2.18. The minimum atomic E-state index is 0.0895. The summed E-state index contributed by atoms with van der Waals surface area (Å²) in [6, 6.07) is 7.98. The Morgan fingerprint density at radius 2 is 2.10 bits per heavy atom. The lowest BCUT2D eigenvalue weighted by atomic mass is 10.2. The summed E-state index contributed by atoms with van der Waals surface area (Å²) in [6.45, 7) is 3.07. The maximum atomic E-state index is 5.87. The Bertz CT molecular complexity index is 595. The molecule has 0 fully saturated rings. The summed E-state index contributed by atoms with van der Waals surface area (Å²) in [5, 5.41) is 3.17. The number of methoxy groups -OCH3 is 1. The van der Waals surface area contributed by atoms with E-state index < -0.39 is 0 Å². The van der Waals surface area contributed by atoms with Gasteiger partial charge in [-0.25, -0.2) is 0 Å².